The van der Waals surface area contributed by atoms with E-state index in [0.717, 1.165) is 6.92 Å². The summed E-state index contributed by atoms with van der Waals surface area (Å²) in [5, 5.41) is 18.9. The fraction of sp³-hybridized carbons (Fsp3) is 0.500. The van der Waals surface area contributed by atoms with Gasteiger partial charge in [-0.2, -0.15) is 8.42 Å². The normalized spacial score (nSPS) is 11.7. The number of carboxylic acid groups (broad SMARTS) is 2. The van der Waals surface area contributed by atoms with Crippen LogP contribution < -0.4 is 34.7 Å². The third-order valence-corrected chi connectivity index (χ3v) is 2.56. The minimum atomic E-state index is -4.10. The van der Waals surface area contributed by atoms with E-state index in [1.165, 1.54) is 0 Å². The van der Waals surface area contributed by atoms with Crippen molar-refractivity contribution in [2.24, 2.45) is 0 Å². The van der Waals surface area contributed by atoms with Gasteiger partial charge in [0, 0.05) is 6.42 Å². The Kier molecular flexibility index (Phi) is 9.64. The van der Waals surface area contributed by atoms with Gasteiger partial charge in [0.25, 0.3) is 10.1 Å². The molecule has 17 heavy (non-hydrogen) atoms. The smallest absolute Gasteiger partial charge is 0.545 e. The maximum atomic E-state index is 11.1. The predicted molar refractivity (Wildman–Crippen MR) is 50.5 cm³/mol. The molecule has 0 aliphatic rings. The Bertz CT molecular complexity index is 398. The van der Waals surface area contributed by atoms with Gasteiger partial charge < -0.3 is 15.0 Å². The molecule has 0 amide bonds. The summed E-state index contributed by atoms with van der Waals surface area (Å²) >= 11 is 0. The molecule has 0 aromatic rings. The van der Waals surface area contributed by atoms with E-state index in [0.29, 0.717) is 5.41 Å². The van der Waals surface area contributed by atoms with Gasteiger partial charge >= 0.3 is 35.5 Å². The minimum absolute atomic E-state index is 0. The minimum Gasteiger partial charge on any atom is -0.545 e. The van der Waals surface area contributed by atoms with Gasteiger partial charge in [-0.25, -0.2) is 0 Å². The molecular formula is C8H11NaO7S. The molecule has 0 unspecified atom stereocenters. The number of hydrogen-bond donors (Lipinski definition) is 1. The summed E-state index contributed by atoms with van der Waals surface area (Å²) in [4.78, 5) is 20.3. The van der Waals surface area contributed by atoms with Crippen LogP contribution >= 0.6 is 0 Å². The Balaban J connectivity index is 0. The SMILES string of the molecule is CC(=CS(=O)(=O)OCCCC(=O)O)C(=O)[O-].[Na+]. The van der Waals surface area contributed by atoms with Gasteiger partial charge in [0.05, 0.1) is 18.0 Å². The monoisotopic (exact) mass is 274 g/mol. The van der Waals surface area contributed by atoms with Crippen molar-refractivity contribution in [3.8, 4) is 0 Å². The molecule has 0 saturated carbocycles. The van der Waals surface area contributed by atoms with E-state index in [1.54, 1.807) is 0 Å². The molecule has 0 rings (SSSR count). The quantitative estimate of drug-likeness (QED) is 0.216. The molecule has 1 N–H and O–H groups in total. The molecule has 9 heteroatoms. The average molecular weight is 274 g/mol. The fourth-order valence-corrected chi connectivity index (χ4v) is 1.64. The van der Waals surface area contributed by atoms with Crippen molar-refractivity contribution in [3.63, 3.8) is 0 Å². The van der Waals surface area contributed by atoms with Crippen LogP contribution in [0.4, 0.5) is 0 Å². The molecular weight excluding hydrogens is 263 g/mol. The van der Waals surface area contributed by atoms with Crippen LogP contribution in [0.5, 0.6) is 0 Å². The molecule has 0 radical (unpaired) electrons. The molecule has 0 heterocycles. The van der Waals surface area contributed by atoms with E-state index in [1.807, 2.05) is 0 Å². The number of aliphatic carboxylic acids is 2. The number of carbonyl (C=O) groups excluding carboxylic acids is 1. The van der Waals surface area contributed by atoms with Gasteiger partial charge in [0.15, 0.2) is 0 Å². The van der Waals surface area contributed by atoms with Gasteiger partial charge in [-0.05, 0) is 18.9 Å². The van der Waals surface area contributed by atoms with Crippen LogP contribution in [0.1, 0.15) is 19.8 Å². The summed E-state index contributed by atoms with van der Waals surface area (Å²) in [6.07, 6.45) is -0.203. The van der Waals surface area contributed by atoms with Crippen molar-refractivity contribution in [1.29, 1.82) is 0 Å². The standard InChI is InChI=1S/C8H12O7S.Na/c1-6(8(11)12)5-16(13,14)15-4-2-3-7(9)10;/h5H,2-4H2,1H3,(H,9,10)(H,11,12);/q;+1/p-1. The van der Waals surface area contributed by atoms with Crippen LogP contribution in [-0.2, 0) is 23.9 Å². The Labute approximate surface area is 121 Å². The third-order valence-electron chi connectivity index (χ3n) is 1.43. The summed E-state index contributed by atoms with van der Waals surface area (Å²) < 4.78 is 26.4. The molecule has 0 aliphatic carbocycles. The van der Waals surface area contributed by atoms with Crippen molar-refractivity contribution in [3.05, 3.63) is 11.0 Å². The Morgan fingerprint density at radius 3 is 2.35 bits per heavy atom. The topological polar surface area (TPSA) is 121 Å². The van der Waals surface area contributed by atoms with Crippen molar-refractivity contribution in [2.75, 3.05) is 6.61 Å². The van der Waals surface area contributed by atoms with Crippen molar-refractivity contribution in [1.82, 2.24) is 0 Å². The van der Waals surface area contributed by atoms with Gasteiger partial charge in [-0.15, -0.1) is 0 Å². The summed E-state index contributed by atoms with van der Waals surface area (Å²) in [5.74, 6) is -2.68. The molecule has 0 fully saturated rings. The van der Waals surface area contributed by atoms with Gasteiger partial charge in [0.1, 0.15) is 0 Å². The third kappa shape index (κ3) is 10.5. The Morgan fingerprint density at radius 2 is 1.94 bits per heavy atom. The van der Waals surface area contributed by atoms with Crippen LogP contribution in [0.3, 0.4) is 0 Å². The first kappa shape index (κ1) is 18.9. The van der Waals surface area contributed by atoms with Crippen LogP contribution in [0, 0.1) is 0 Å². The van der Waals surface area contributed by atoms with Crippen LogP contribution in [0.2, 0.25) is 0 Å². The Morgan fingerprint density at radius 1 is 1.41 bits per heavy atom. The van der Waals surface area contributed by atoms with Gasteiger partial charge in [0.2, 0.25) is 0 Å². The summed E-state index contributed by atoms with van der Waals surface area (Å²) in [5.41, 5.74) is -0.488. The molecule has 0 bridgehead atoms. The van der Waals surface area contributed by atoms with E-state index in [-0.39, 0.29) is 49.0 Å². The first-order valence-corrected chi connectivity index (χ1v) is 5.72. The fourth-order valence-electron chi connectivity index (χ4n) is 0.697. The van der Waals surface area contributed by atoms with Gasteiger partial charge in [-0.3, -0.25) is 8.98 Å². The number of carbonyl (C=O) groups is 2. The zero-order valence-electron chi connectivity index (χ0n) is 9.50. The molecule has 0 saturated heterocycles. The summed E-state index contributed by atoms with van der Waals surface area (Å²) in [7, 11) is -4.10. The van der Waals surface area contributed by atoms with E-state index in [2.05, 4.69) is 4.18 Å². The summed E-state index contributed by atoms with van der Waals surface area (Å²) in [6.45, 7) is 0.735. The van der Waals surface area contributed by atoms with E-state index in [4.69, 9.17) is 5.11 Å². The van der Waals surface area contributed by atoms with Crippen LogP contribution in [0.15, 0.2) is 11.0 Å². The van der Waals surface area contributed by atoms with E-state index >= 15 is 0 Å². The maximum absolute atomic E-state index is 11.1. The first-order chi connectivity index (χ1) is 7.24. The van der Waals surface area contributed by atoms with Crippen molar-refractivity contribution >= 4 is 22.1 Å². The molecule has 92 valence electrons. The molecule has 0 spiro atoms. The molecule has 0 aromatic carbocycles. The number of carboxylic acids is 2. The maximum Gasteiger partial charge on any atom is 1.00 e. The molecule has 0 aromatic heterocycles. The van der Waals surface area contributed by atoms with E-state index < -0.39 is 27.6 Å². The van der Waals surface area contributed by atoms with Crippen LogP contribution in [0.25, 0.3) is 0 Å². The second-order valence-corrected chi connectivity index (χ2v) is 4.36. The van der Waals surface area contributed by atoms with Crippen molar-refractivity contribution in [2.45, 2.75) is 19.8 Å². The predicted octanol–water partition coefficient (Wildman–Crippen LogP) is -4.14. The second kappa shape index (κ2) is 8.65. The number of rotatable bonds is 7. The molecule has 7 nitrogen and oxygen atoms in total. The van der Waals surface area contributed by atoms with E-state index in [9.17, 15) is 23.1 Å². The van der Waals surface area contributed by atoms with Crippen LogP contribution in [-0.4, -0.2) is 32.1 Å². The zero-order chi connectivity index (χ0) is 12.8. The van der Waals surface area contributed by atoms with Gasteiger partial charge in [-0.1, -0.05) is 0 Å². The first-order valence-electron chi connectivity index (χ1n) is 4.25. The number of hydrogen-bond acceptors (Lipinski definition) is 6. The zero-order valence-corrected chi connectivity index (χ0v) is 12.3. The van der Waals surface area contributed by atoms with Crippen molar-refractivity contribution < 1.29 is 62.0 Å². The summed E-state index contributed by atoms with van der Waals surface area (Å²) in [6, 6.07) is 0. The Hall–Kier alpha value is -0.410. The average Bonchev–Trinajstić information content (AvgIpc) is 2.11. The second-order valence-electron chi connectivity index (χ2n) is 2.90. The largest absolute Gasteiger partial charge is 1.00 e. The molecule has 0 aliphatic heterocycles. The molecule has 0 atom stereocenters.